The zero-order chi connectivity index (χ0) is 14.0. The van der Waals surface area contributed by atoms with Crippen LogP contribution in [0.25, 0.3) is 0 Å². The van der Waals surface area contributed by atoms with Crippen LogP contribution in [-0.2, 0) is 0 Å². The molecule has 19 heavy (non-hydrogen) atoms. The summed E-state index contributed by atoms with van der Waals surface area (Å²) in [6.45, 7) is 4.61. The molecule has 104 valence electrons. The zero-order valence-corrected chi connectivity index (χ0v) is 11.1. The van der Waals surface area contributed by atoms with E-state index in [0.29, 0.717) is 11.3 Å². The Balaban J connectivity index is 2.27. The number of benzene rings is 1. The van der Waals surface area contributed by atoms with E-state index in [1.165, 1.54) is 6.07 Å². The van der Waals surface area contributed by atoms with Gasteiger partial charge in [-0.2, -0.15) is 0 Å². The molecule has 0 amide bonds. The van der Waals surface area contributed by atoms with E-state index in [4.69, 9.17) is 0 Å². The molecule has 1 heterocycles. The Morgan fingerprint density at radius 1 is 1.53 bits per heavy atom. The molecule has 0 spiro atoms. The first-order valence-corrected chi connectivity index (χ1v) is 6.43. The highest BCUT2D eigenvalue weighted by Crippen LogP contribution is 2.29. The molecule has 1 fully saturated rings. The van der Waals surface area contributed by atoms with Crippen molar-refractivity contribution >= 4 is 11.4 Å². The van der Waals surface area contributed by atoms with E-state index >= 15 is 0 Å². The van der Waals surface area contributed by atoms with Crippen molar-refractivity contribution in [2.45, 2.75) is 38.8 Å². The van der Waals surface area contributed by atoms with Crippen LogP contribution in [0.1, 0.15) is 25.3 Å². The molecule has 0 saturated carbocycles. The van der Waals surface area contributed by atoms with Crippen molar-refractivity contribution in [1.82, 2.24) is 5.32 Å². The number of aryl methyl sites for hydroxylation is 1. The molecule has 1 aliphatic rings. The Morgan fingerprint density at radius 2 is 2.26 bits per heavy atom. The minimum Gasteiger partial charge on any atom is -0.375 e. The van der Waals surface area contributed by atoms with Crippen molar-refractivity contribution in [2.75, 3.05) is 11.9 Å². The van der Waals surface area contributed by atoms with Gasteiger partial charge in [-0.05, 0) is 44.9 Å². The number of piperidine rings is 1. The smallest absolute Gasteiger partial charge is 0.295 e. The molecule has 2 N–H and O–H groups in total. The third kappa shape index (κ3) is 3.01. The highest BCUT2D eigenvalue weighted by atomic mass is 19.1. The SMILES string of the molecule is Cc1cc(NC2CCCNC2C)c([N+](=O)[O-])cc1F. The lowest BCUT2D eigenvalue weighted by Crippen LogP contribution is -2.46. The summed E-state index contributed by atoms with van der Waals surface area (Å²) in [6.07, 6.45) is 1.97. The third-order valence-corrected chi connectivity index (χ3v) is 3.58. The molecule has 0 aromatic heterocycles. The summed E-state index contributed by atoms with van der Waals surface area (Å²) in [6, 6.07) is 2.85. The Labute approximate surface area is 111 Å². The molecule has 0 bridgehead atoms. The minimum atomic E-state index is -0.550. The van der Waals surface area contributed by atoms with Crippen molar-refractivity contribution in [3.05, 3.63) is 33.6 Å². The van der Waals surface area contributed by atoms with E-state index in [1.54, 1.807) is 6.92 Å². The zero-order valence-electron chi connectivity index (χ0n) is 11.1. The van der Waals surface area contributed by atoms with Crippen molar-refractivity contribution in [2.24, 2.45) is 0 Å². The van der Waals surface area contributed by atoms with Gasteiger partial charge in [0.15, 0.2) is 0 Å². The number of anilines is 1. The van der Waals surface area contributed by atoms with Crippen LogP contribution in [0.5, 0.6) is 0 Å². The maximum Gasteiger partial charge on any atom is 0.295 e. The molecule has 2 atom stereocenters. The van der Waals surface area contributed by atoms with Crippen LogP contribution in [0.4, 0.5) is 15.8 Å². The average molecular weight is 267 g/mol. The molecule has 2 rings (SSSR count). The van der Waals surface area contributed by atoms with Crippen LogP contribution in [0.2, 0.25) is 0 Å². The highest BCUT2D eigenvalue weighted by Gasteiger charge is 2.24. The van der Waals surface area contributed by atoms with E-state index in [2.05, 4.69) is 10.6 Å². The predicted octanol–water partition coefficient (Wildman–Crippen LogP) is 2.59. The number of rotatable bonds is 3. The molecule has 1 aromatic rings. The first kappa shape index (κ1) is 13.7. The van der Waals surface area contributed by atoms with Gasteiger partial charge in [-0.15, -0.1) is 0 Å². The Hall–Kier alpha value is -1.69. The summed E-state index contributed by atoms with van der Waals surface area (Å²) in [7, 11) is 0. The molecule has 0 aliphatic carbocycles. The van der Waals surface area contributed by atoms with Crippen LogP contribution in [0, 0.1) is 22.9 Å². The number of nitro groups is 1. The largest absolute Gasteiger partial charge is 0.375 e. The quantitative estimate of drug-likeness (QED) is 0.652. The van der Waals surface area contributed by atoms with Gasteiger partial charge in [0, 0.05) is 12.1 Å². The normalized spacial score (nSPS) is 23.1. The highest BCUT2D eigenvalue weighted by molar-refractivity contribution is 5.63. The number of halogens is 1. The van der Waals surface area contributed by atoms with Crippen LogP contribution in [0.15, 0.2) is 12.1 Å². The van der Waals surface area contributed by atoms with Crippen molar-refractivity contribution in [3.8, 4) is 0 Å². The minimum absolute atomic E-state index is 0.123. The lowest BCUT2D eigenvalue weighted by Gasteiger charge is -2.31. The molecular formula is C13H18FN3O2. The fraction of sp³-hybridized carbons (Fsp3) is 0.538. The third-order valence-electron chi connectivity index (χ3n) is 3.58. The van der Waals surface area contributed by atoms with Gasteiger partial charge in [-0.3, -0.25) is 10.1 Å². The lowest BCUT2D eigenvalue weighted by atomic mass is 9.99. The predicted molar refractivity (Wildman–Crippen MR) is 71.9 cm³/mol. The number of hydrogen-bond donors (Lipinski definition) is 2. The first-order valence-electron chi connectivity index (χ1n) is 6.43. The molecule has 1 aromatic carbocycles. The van der Waals surface area contributed by atoms with Gasteiger partial charge in [0.25, 0.3) is 5.69 Å². The fourth-order valence-electron chi connectivity index (χ4n) is 2.38. The Kier molecular flexibility index (Phi) is 3.99. The number of nitrogens with zero attached hydrogens (tertiary/aromatic N) is 1. The van der Waals surface area contributed by atoms with Crippen LogP contribution < -0.4 is 10.6 Å². The second-order valence-electron chi connectivity index (χ2n) is 5.01. The average Bonchev–Trinajstić information content (AvgIpc) is 2.36. The Bertz CT molecular complexity index is 493. The maximum absolute atomic E-state index is 13.4. The summed E-state index contributed by atoms with van der Waals surface area (Å²) in [5, 5.41) is 17.5. The number of nitrogens with one attached hydrogen (secondary N) is 2. The van der Waals surface area contributed by atoms with Crippen molar-refractivity contribution in [1.29, 1.82) is 0 Å². The number of hydrogen-bond acceptors (Lipinski definition) is 4. The van der Waals surface area contributed by atoms with E-state index < -0.39 is 10.7 Å². The van der Waals surface area contributed by atoms with Gasteiger partial charge in [0.1, 0.15) is 11.5 Å². The van der Waals surface area contributed by atoms with Crippen molar-refractivity contribution < 1.29 is 9.31 Å². The van der Waals surface area contributed by atoms with Gasteiger partial charge < -0.3 is 10.6 Å². The monoisotopic (exact) mass is 267 g/mol. The first-order chi connectivity index (χ1) is 8.99. The molecule has 1 saturated heterocycles. The standard InChI is InChI=1S/C13H18FN3O2/c1-8-6-12(13(17(18)19)7-10(8)14)16-11-4-3-5-15-9(11)2/h6-7,9,11,15-16H,3-5H2,1-2H3. The van der Waals surface area contributed by atoms with E-state index in [-0.39, 0.29) is 17.8 Å². The van der Waals surface area contributed by atoms with Gasteiger partial charge in [0.05, 0.1) is 11.0 Å². The summed E-state index contributed by atoms with van der Waals surface area (Å²) in [5.41, 5.74) is 0.592. The van der Waals surface area contributed by atoms with Crippen molar-refractivity contribution in [3.63, 3.8) is 0 Å². The molecule has 6 heteroatoms. The maximum atomic E-state index is 13.4. The lowest BCUT2D eigenvalue weighted by molar-refractivity contribution is -0.384. The molecule has 2 unspecified atom stereocenters. The second kappa shape index (κ2) is 5.52. The molecule has 0 radical (unpaired) electrons. The van der Waals surface area contributed by atoms with Gasteiger partial charge in [-0.25, -0.2) is 4.39 Å². The van der Waals surface area contributed by atoms with E-state index in [1.807, 2.05) is 6.92 Å². The summed E-state index contributed by atoms with van der Waals surface area (Å²) < 4.78 is 13.4. The molecule has 5 nitrogen and oxygen atoms in total. The van der Waals surface area contributed by atoms with E-state index in [0.717, 1.165) is 25.5 Å². The van der Waals surface area contributed by atoms with E-state index in [9.17, 15) is 14.5 Å². The van der Waals surface area contributed by atoms with Crippen LogP contribution >= 0.6 is 0 Å². The molecular weight excluding hydrogens is 249 g/mol. The van der Waals surface area contributed by atoms with Gasteiger partial charge in [-0.1, -0.05) is 0 Å². The topological polar surface area (TPSA) is 67.2 Å². The van der Waals surface area contributed by atoms with Gasteiger partial charge >= 0.3 is 0 Å². The molecule has 1 aliphatic heterocycles. The van der Waals surface area contributed by atoms with Crippen LogP contribution in [-0.4, -0.2) is 23.6 Å². The fourth-order valence-corrected chi connectivity index (χ4v) is 2.38. The summed E-state index contributed by atoms with van der Waals surface area (Å²) >= 11 is 0. The summed E-state index contributed by atoms with van der Waals surface area (Å²) in [5.74, 6) is -0.549. The second-order valence-corrected chi connectivity index (χ2v) is 5.01. The van der Waals surface area contributed by atoms with Gasteiger partial charge in [0.2, 0.25) is 0 Å². The van der Waals surface area contributed by atoms with Crippen LogP contribution in [0.3, 0.4) is 0 Å². The summed E-state index contributed by atoms with van der Waals surface area (Å²) in [4.78, 5) is 10.4. The Morgan fingerprint density at radius 3 is 2.89 bits per heavy atom. The number of nitro benzene ring substituents is 1.